The van der Waals surface area contributed by atoms with Gasteiger partial charge in [-0.25, -0.2) is 4.39 Å². The molecule has 0 saturated carbocycles. The number of hydrogen-bond acceptors (Lipinski definition) is 2. The summed E-state index contributed by atoms with van der Waals surface area (Å²) in [6.45, 7) is 1.40. The summed E-state index contributed by atoms with van der Waals surface area (Å²) in [5.74, 6) is -0.255. The van der Waals surface area contributed by atoms with Crippen molar-refractivity contribution in [2.75, 3.05) is 13.1 Å². The highest BCUT2D eigenvalue weighted by Gasteiger charge is 2.21. The van der Waals surface area contributed by atoms with E-state index in [1.54, 1.807) is 17.0 Å². The fraction of sp³-hybridized carbons (Fsp3) is 0.462. The Labute approximate surface area is 114 Å². The number of piperidine rings is 1. The zero-order valence-electron chi connectivity index (χ0n) is 10.0. The fourth-order valence-electron chi connectivity index (χ4n) is 2.17. The van der Waals surface area contributed by atoms with Gasteiger partial charge in [0, 0.05) is 19.1 Å². The van der Waals surface area contributed by atoms with Crippen LogP contribution in [0.3, 0.4) is 0 Å². The number of rotatable bonds is 2. The van der Waals surface area contributed by atoms with Crippen LogP contribution >= 0.6 is 15.9 Å². The normalized spacial score (nSPS) is 19.9. The van der Waals surface area contributed by atoms with E-state index in [-0.39, 0.29) is 17.8 Å². The summed E-state index contributed by atoms with van der Waals surface area (Å²) in [4.78, 5) is 13.9. The van der Waals surface area contributed by atoms with Gasteiger partial charge in [0.05, 0.1) is 10.9 Å². The molecule has 18 heavy (non-hydrogen) atoms. The molecule has 1 aliphatic rings. The summed E-state index contributed by atoms with van der Waals surface area (Å²) in [5, 5.41) is 0. The Morgan fingerprint density at radius 1 is 1.56 bits per heavy atom. The van der Waals surface area contributed by atoms with Crippen LogP contribution in [0.15, 0.2) is 22.7 Å². The maximum Gasteiger partial charge on any atom is 0.227 e. The first kappa shape index (κ1) is 13.5. The molecule has 0 bridgehead atoms. The van der Waals surface area contributed by atoms with Gasteiger partial charge in [0.15, 0.2) is 0 Å². The van der Waals surface area contributed by atoms with Gasteiger partial charge in [-0.05, 0) is 46.5 Å². The van der Waals surface area contributed by atoms with E-state index in [1.807, 2.05) is 0 Å². The average Bonchev–Trinajstić information content (AvgIpc) is 2.34. The minimum Gasteiger partial charge on any atom is -0.341 e. The molecule has 2 N–H and O–H groups in total. The van der Waals surface area contributed by atoms with Gasteiger partial charge in [0.1, 0.15) is 5.82 Å². The van der Waals surface area contributed by atoms with Crippen LogP contribution in [0.1, 0.15) is 18.4 Å². The summed E-state index contributed by atoms with van der Waals surface area (Å²) < 4.78 is 13.5. The lowest BCUT2D eigenvalue weighted by Gasteiger charge is -2.30. The van der Waals surface area contributed by atoms with Crippen LogP contribution in [-0.2, 0) is 11.2 Å². The molecule has 0 radical (unpaired) electrons. The van der Waals surface area contributed by atoms with E-state index in [4.69, 9.17) is 5.73 Å². The molecule has 1 saturated heterocycles. The number of benzene rings is 1. The summed E-state index contributed by atoms with van der Waals surface area (Å²) >= 11 is 3.12. The number of nitrogens with zero attached hydrogens (tertiary/aromatic N) is 1. The van der Waals surface area contributed by atoms with Crippen molar-refractivity contribution in [3.63, 3.8) is 0 Å². The van der Waals surface area contributed by atoms with E-state index >= 15 is 0 Å². The quantitative estimate of drug-likeness (QED) is 0.908. The lowest BCUT2D eigenvalue weighted by Crippen LogP contribution is -2.46. The molecule has 1 heterocycles. The minimum absolute atomic E-state index is 0.0589. The van der Waals surface area contributed by atoms with Crippen LogP contribution in [0.2, 0.25) is 0 Å². The third-order valence-corrected chi connectivity index (χ3v) is 3.76. The Morgan fingerprint density at radius 2 is 2.33 bits per heavy atom. The SMILES string of the molecule is N[C@H]1CCCN(C(=O)Cc2ccc(F)c(Br)c2)C1. The van der Waals surface area contributed by atoms with Crippen molar-refractivity contribution >= 4 is 21.8 Å². The van der Waals surface area contributed by atoms with Crippen molar-refractivity contribution in [3.8, 4) is 0 Å². The van der Waals surface area contributed by atoms with Crippen LogP contribution in [0.5, 0.6) is 0 Å². The number of halogens is 2. The number of carbonyl (C=O) groups is 1. The van der Waals surface area contributed by atoms with Crippen LogP contribution in [0.4, 0.5) is 4.39 Å². The van der Waals surface area contributed by atoms with Crippen LogP contribution < -0.4 is 5.73 Å². The number of nitrogens with two attached hydrogens (primary N) is 1. The van der Waals surface area contributed by atoms with Crippen molar-refractivity contribution in [3.05, 3.63) is 34.1 Å². The molecule has 1 amide bonds. The third kappa shape index (κ3) is 3.29. The number of hydrogen-bond donors (Lipinski definition) is 1. The lowest BCUT2D eigenvalue weighted by atomic mass is 10.1. The Kier molecular flexibility index (Phi) is 4.35. The molecule has 1 aromatic rings. The standard InChI is InChI=1S/C13H16BrFN2O/c14-11-6-9(3-4-12(11)15)7-13(18)17-5-1-2-10(16)8-17/h3-4,6,10H,1-2,5,7-8,16H2/t10-/m0/s1. The van der Waals surface area contributed by atoms with Crippen molar-refractivity contribution in [1.29, 1.82) is 0 Å². The summed E-state index contributed by atoms with van der Waals surface area (Å²) in [6.07, 6.45) is 2.23. The van der Waals surface area contributed by atoms with E-state index in [1.165, 1.54) is 6.07 Å². The Morgan fingerprint density at radius 3 is 3.00 bits per heavy atom. The first-order valence-corrected chi connectivity index (χ1v) is 6.83. The molecular formula is C13H16BrFN2O. The number of carbonyl (C=O) groups excluding carboxylic acids is 1. The molecule has 0 unspecified atom stereocenters. The van der Waals surface area contributed by atoms with Gasteiger partial charge >= 0.3 is 0 Å². The van der Waals surface area contributed by atoms with Crippen molar-refractivity contribution in [2.24, 2.45) is 5.73 Å². The van der Waals surface area contributed by atoms with E-state index in [0.717, 1.165) is 24.9 Å². The molecule has 1 aliphatic heterocycles. The largest absolute Gasteiger partial charge is 0.341 e. The fourth-order valence-corrected chi connectivity index (χ4v) is 2.60. The monoisotopic (exact) mass is 314 g/mol. The molecule has 1 atom stereocenters. The van der Waals surface area contributed by atoms with E-state index in [9.17, 15) is 9.18 Å². The summed E-state index contributed by atoms with van der Waals surface area (Å²) in [7, 11) is 0. The molecule has 5 heteroatoms. The highest BCUT2D eigenvalue weighted by Crippen LogP contribution is 2.18. The molecule has 1 fully saturated rings. The maximum atomic E-state index is 13.1. The van der Waals surface area contributed by atoms with Crippen molar-refractivity contribution < 1.29 is 9.18 Å². The maximum absolute atomic E-state index is 13.1. The minimum atomic E-state index is -0.314. The van der Waals surface area contributed by atoms with Gasteiger partial charge in [-0.15, -0.1) is 0 Å². The van der Waals surface area contributed by atoms with Crippen molar-refractivity contribution in [1.82, 2.24) is 4.90 Å². The topological polar surface area (TPSA) is 46.3 Å². The zero-order valence-corrected chi connectivity index (χ0v) is 11.6. The van der Waals surface area contributed by atoms with Crippen LogP contribution in [-0.4, -0.2) is 29.9 Å². The molecule has 1 aromatic carbocycles. The average molecular weight is 315 g/mol. The summed E-state index contributed by atoms with van der Waals surface area (Å²) in [5.41, 5.74) is 6.66. The van der Waals surface area contributed by atoms with Gasteiger partial charge in [0.2, 0.25) is 5.91 Å². The second-order valence-electron chi connectivity index (χ2n) is 4.67. The Balaban J connectivity index is 2.00. The second kappa shape index (κ2) is 5.80. The lowest BCUT2D eigenvalue weighted by molar-refractivity contribution is -0.131. The van der Waals surface area contributed by atoms with Gasteiger partial charge < -0.3 is 10.6 Å². The van der Waals surface area contributed by atoms with Gasteiger partial charge in [0.25, 0.3) is 0 Å². The number of amides is 1. The highest BCUT2D eigenvalue weighted by atomic mass is 79.9. The highest BCUT2D eigenvalue weighted by molar-refractivity contribution is 9.10. The van der Waals surface area contributed by atoms with Gasteiger partial charge in [-0.1, -0.05) is 6.07 Å². The van der Waals surface area contributed by atoms with Gasteiger partial charge in [-0.2, -0.15) is 0 Å². The molecule has 0 aromatic heterocycles. The van der Waals surface area contributed by atoms with E-state index < -0.39 is 0 Å². The van der Waals surface area contributed by atoms with Crippen LogP contribution in [0.25, 0.3) is 0 Å². The molecule has 2 rings (SSSR count). The first-order valence-electron chi connectivity index (χ1n) is 6.03. The van der Waals surface area contributed by atoms with Crippen molar-refractivity contribution in [2.45, 2.75) is 25.3 Å². The molecule has 3 nitrogen and oxygen atoms in total. The number of likely N-dealkylation sites (tertiary alicyclic amines) is 1. The molecular weight excluding hydrogens is 299 g/mol. The zero-order chi connectivity index (χ0) is 13.1. The molecule has 0 aliphatic carbocycles. The third-order valence-electron chi connectivity index (χ3n) is 3.15. The predicted molar refractivity (Wildman–Crippen MR) is 71.6 cm³/mol. The Bertz CT molecular complexity index is 453. The van der Waals surface area contributed by atoms with Gasteiger partial charge in [-0.3, -0.25) is 4.79 Å². The predicted octanol–water partition coefficient (Wildman–Crippen LogP) is 2.08. The Hall–Kier alpha value is -0.940. The summed E-state index contributed by atoms with van der Waals surface area (Å²) in [6, 6.07) is 4.75. The van der Waals surface area contributed by atoms with E-state index in [0.29, 0.717) is 17.4 Å². The first-order chi connectivity index (χ1) is 8.56. The van der Waals surface area contributed by atoms with E-state index in [2.05, 4.69) is 15.9 Å². The molecule has 98 valence electrons. The smallest absolute Gasteiger partial charge is 0.227 e. The molecule has 0 spiro atoms. The second-order valence-corrected chi connectivity index (χ2v) is 5.52. The van der Waals surface area contributed by atoms with Crippen LogP contribution in [0, 0.1) is 5.82 Å².